The highest BCUT2D eigenvalue weighted by atomic mass is 16.5. The lowest BCUT2D eigenvalue weighted by molar-refractivity contribution is -0.119. The zero-order chi connectivity index (χ0) is 15.8. The van der Waals surface area contributed by atoms with Crippen LogP contribution in [0.25, 0.3) is 0 Å². The lowest BCUT2D eigenvalue weighted by Crippen LogP contribution is -2.28. The summed E-state index contributed by atoms with van der Waals surface area (Å²) in [6.45, 7) is 2.05. The van der Waals surface area contributed by atoms with Crippen LogP contribution < -0.4 is 15.8 Å². The van der Waals surface area contributed by atoms with Crippen LogP contribution in [0.1, 0.15) is 29.6 Å². The van der Waals surface area contributed by atoms with E-state index >= 15 is 0 Å². The minimum Gasteiger partial charge on any atom is -0.484 e. The minimum atomic E-state index is -0.551. The van der Waals surface area contributed by atoms with E-state index < -0.39 is 5.91 Å². The van der Waals surface area contributed by atoms with Gasteiger partial charge >= 0.3 is 0 Å². The lowest BCUT2D eigenvalue weighted by atomic mass is 9.99. The predicted molar refractivity (Wildman–Crippen MR) is 81.6 cm³/mol. The topological polar surface area (TPSA) is 90.7 Å². The second-order valence-corrected chi connectivity index (χ2v) is 5.41. The maximum atomic E-state index is 12.1. The SMILES string of the molecule is NC(=O)COc1cccc(C(=O)NCCC2CCCOC2)c1. The maximum Gasteiger partial charge on any atom is 0.255 e. The Balaban J connectivity index is 1.78. The second kappa shape index (κ2) is 8.38. The van der Waals surface area contributed by atoms with Crippen LogP contribution in [-0.4, -0.2) is 38.2 Å². The molecule has 3 N–H and O–H groups in total. The zero-order valence-corrected chi connectivity index (χ0v) is 12.5. The van der Waals surface area contributed by atoms with Gasteiger partial charge in [0, 0.05) is 25.3 Å². The molecule has 0 spiro atoms. The molecule has 1 aromatic carbocycles. The number of benzene rings is 1. The Kier molecular flexibility index (Phi) is 6.21. The van der Waals surface area contributed by atoms with Gasteiger partial charge in [0.1, 0.15) is 5.75 Å². The van der Waals surface area contributed by atoms with Crippen molar-refractivity contribution in [3.63, 3.8) is 0 Å². The lowest BCUT2D eigenvalue weighted by Gasteiger charge is -2.21. The van der Waals surface area contributed by atoms with Gasteiger partial charge in [-0.25, -0.2) is 0 Å². The van der Waals surface area contributed by atoms with E-state index in [0.29, 0.717) is 23.8 Å². The summed E-state index contributed by atoms with van der Waals surface area (Å²) in [7, 11) is 0. The van der Waals surface area contributed by atoms with Crippen LogP contribution in [0.2, 0.25) is 0 Å². The van der Waals surface area contributed by atoms with E-state index in [1.807, 2.05) is 0 Å². The van der Waals surface area contributed by atoms with E-state index in [0.717, 1.165) is 32.5 Å². The maximum absolute atomic E-state index is 12.1. The van der Waals surface area contributed by atoms with Gasteiger partial charge < -0.3 is 20.5 Å². The number of hydrogen-bond acceptors (Lipinski definition) is 4. The number of primary amides is 1. The smallest absolute Gasteiger partial charge is 0.255 e. The highest BCUT2D eigenvalue weighted by molar-refractivity contribution is 5.94. The molecule has 2 rings (SSSR count). The molecular weight excluding hydrogens is 284 g/mol. The van der Waals surface area contributed by atoms with Crippen molar-refractivity contribution in [2.24, 2.45) is 11.7 Å². The molecule has 2 amide bonds. The first kappa shape index (κ1) is 16.3. The third kappa shape index (κ3) is 5.37. The van der Waals surface area contributed by atoms with Crippen LogP contribution in [0.3, 0.4) is 0 Å². The zero-order valence-electron chi connectivity index (χ0n) is 12.5. The summed E-state index contributed by atoms with van der Waals surface area (Å²) in [6.07, 6.45) is 3.17. The van der Waals surface area contributed by atoms with Crippen LogP contribution in [0.4, 0.5) is 0 Å². The second-order valence-electron chi connectivity index (χ2n) is 5.41. The molecule has 1 saturated heterocycles. The van der Waals surface area contributed by atoms with E-state index in [2.05, 4.69) is 5.32 Å². The molecule has 0 aliphatic carbocycles. The fourth-order valence-electron chi connectivity index (χ4n) is 2.41. The number of amides is 2. The number of nitrogens with one attached hydrogen (secondary N) is 1. The Morgan fingerprint density at radius 3 is 3.00 bits per heavy atom. The average Bonchev–Trinajstić information content (AvgIpc) is 2.54. The Bertz CT molecular complexity index is 513. The molecule has 1 aliphatic heterocycles. The summed E-state index contributed by atoms with van der Waals surface area (Å²) in [5.41, 5.74) is 5.52. The van der Waals surface area contributed by atoms with Crippen molar-refractivity contribution in [3.05, 3.63) is 29.8 Å². The van der Waals surface area contributed by atoms with Crippen LogP contribution in [0, 0.1) is 5.92 Å². The minimum absolute atomic E-state index is 0.152. The van der Waals surface area contributed by atoms with E-state index in [4.69, 9.17) is 15.2 Å². The van der Waals surface area contributed by atoms with Gasteiger partial charge in [0.15, 0.2) is 6.61 Å². The van der Waals surface area contributed by atoms with Crippen LogP contribution in [0.15, 0.2) is 24.3 Å². The Morgan fingerprint density at radius 2 is 2.27 bits per heavy atom. The Labute approximate surface area is 130 Å². The molecule has 1 fully saturated rings. The van der Waals surface area contributed by atoms with Crippen molar-refractivity contribution in [3.8, 4) is 5.75 Å². The summed E-state index contributed by atoms with van der Waals surface area (Å²) in [5, 5.41) is 2.90. The number of carbonyl (C=O) groups is 2. The molecule has 1 atom stereocenters. The van der Waals surface area contributed by atoms with Crippen molar-refractivity contribution in [2.45, 2.75) is 19.3 Å². The van der Waals surface area contributed by atoms with E-state index in [1.165, 1.54) is 0 Å². The average molecular weight is 306 g/mol. The fraction of sp³-hybridized carbons (Fsp3) is 0.500. The molecule has 0 bridgehead atoms. The summed E-state index contributed by atoms with van der Waals surface area (Å²) >= 11 is 0. The molecule has 1 aliphatic rings. The van der Waals surface area contributed by atoms with Gasteiger partial charge in [-0.3, -0.25) is 9.59 Å². The molecule has 6 heteroatoms. The normalized spacial score (nSPS) is 17.7. The monoisotopic (exact) mass is 306 g/mol. The number of carbonyl (C=O) groups excluding carboxylic acids is 2. The van der Waals surface area contributed by atoms with E-state index in [9.17, 15) is 9.59 Å². The highest BCUT2D eigenvalue weighted by Gasteiger charge is 2.14. The van der Waals surface area contributed by atoms with Crippen molar-refractivity contribution in [1.82, 2.24) is 5.32 Å². The molecule has 0 saturated carbocycles. The fourth-order valence-corrected chi connectivity index (χ4v) is 2.41. The quantitative estimate of drug-likeness (QED) is 0.789. The van der Waals surface area contributed by atoms with Gasteiger partial charge in [-0.2, -0.15) is 0 Å². The summed E-state index contributed by atoms with van der Waals surface area (Å²) in [5.74, 6) is 0.275. The van der Waals surface area contributed by atoms with Crippen molar-refractivity contribution >= 4 is 11.8 Å². The van der Waals surface area contributed by atoms with Crippen LogP contribution in [0.5, 0.6) is 5.75 Å². The first-order chi connectivity index (χ1) is 10.6. The van der Waals surface area contributed by atoms with Gasteiger partial charge in [-0.15, -0.1) is 0 Å². The van der Waals surface area contributed by atoms with Gasteiger partial charge in [-0.05, 0) is 43.4 Å². The van der Waals surface area contributed by atoms with Crippen molar-refractivity contribution in [1.29, 1.82) is 0 Å². The summed E-state index contributed by atoms with van der Waals surface area (Å²) < 4.78 is 10.6. The molecule has 6 nitrogen and oxygen atoms in total. The standard InChI is InChI=1S/C16H22N2O4/c17-15(19)11-22-14-5-1-4-13(9-14)16(20)18-7-6-12-3-2-8-21-10-12/h1,4-5,9,12H,2-3,6-8,10-11H2,(H2,17,19)(H,18,20). The first-order valence-corrected chi connectivity index (χ1v) is 7.52. The third-order valence-corrected chi connectivity index (χ3v) is 3.57. The Morgan fingerprint density at radius 1 is 1.41 bits per heavy atom. The first-order valence-electron chi connectivity index (χ1n) is 7.52. The number of ether oxygens (including phenoxy) is 2. The van der Waals surface area contributed by atoms with Gasteiger partial charge in [0.05, 0.1) is 0 Å². The number of rotatable bonds is 7. The van der Waals surface area contributed by atoms with Crippen molar-refractivity contribution < 1.29 is 19.1 Å². The molecule has 0 radical (unpaired) electrons. The van der Waals surface area contributed by atoms with Gasteiger partial charge in [0.25, 0.3) is 11.8 Å². The highest BCUT2D eigenvalue weighted by Crippen LogP contribution is 2.17. The third-order valence-electron chi connectivity index (χ3n) is 3.57. The molecular formula is C16H22N2O4. The Hall–Kier alpha value is -2.08. The molecule has 120 valence electrons. The molecule has 1 unspecified atom stereocenters. The summed E-state index contributed by atoms with van der Waals surface area (Å²) in [6, 6.07) is 6.69. The predicted octanol–water partition coefficient (Wildman–Crippen LogP) is 1.10. The largest absolute Gasteiger partial charge is 0.484 e. The molecule has 1 aromatic rings. The summed E-state index contributed by atoms with van der Waals surface area (Å²) in [4.78, 5) is 22.8. The molecule has 22 heavy (non-hydrogen) atoms. The molecule has 0 aromatic heterocycles. The van der Waals surface area contributed by atoms with Crippen molar-refractivity contribution in [2.75, 3.05) is 26.4 Å². The van der Waals surface area contributed by atoms with Crippen LogP contribution in [-0.2, 0) is 9.53 Å². The van der Waals surface area contributed by atoms with Crippen LogP contribution >= 0.6 is 0 Å². The van der Waals surface area contributed by atoms with Gasteiger partial charge in [-0.1, -0.05) is 6.07 Å². The van der Waals surface area contributed by atoms with Gasteiger partial charge in [0.2, 0.25) is 0 Å². The number of hydrogen-bond donors (Lipinski definition) is 2. The van der Waals surface area contributed by atoms with E-state index in [1.54, 1.807) is 24.3 Å². The van der Waals surface area contributed by atoms with E-state index in [-0.39, 0.29) is 12.5 Å². The molecule has 1 heterocycles. The number of nitrogens with two attached hydrogens (primary N) is 1.